The second-order valence-corrected chi connectivity index (χ2v) is 4.80. The first-order valence-electron chi connectivity index (χ1n) is 6.86. The Balaban J connectivity index is 1.69. The van der Waals surface area contributed by atoms with Crippen molar-refractivity contribution in [1.82, 2.24) is 15.2 Å². The average Bonchev–Trinajstić information content (AvgIpc) is 2.55. The summed E-state index contributed by atoms with van der Waals surface area (Å²) in [5, 5.41) is 11.7. The van der Waals surface area contributed by atoms with Gasteiger partial charge in [0.05, 0.1) is 5.69 Å². The highest BCUT2D eigenvalue weighted by Gasteiger charge is 2.02. The van der Waals surface area contributed by atoms with Gasteiger partial charge in [0.25, 0.3) is 0 Å². The van der Waals surface area contributed by atoms with Gasteiger partial charge in [0.15, 0.2) is 0 Å². The summed E-state index contributed by atoms with van der Waals surface area (Å²) in [5.74, 6) is 0.762. The Morgan fingerprint density at radius 1 is 0.857 bits per heavy atom. The number of anilines is 1. The molecule has 4 nitrogen and oxygen atoms in total. The summed E-state index contributed by atoms with van der Waals surface area (Å²) in [4.78, 5) is 4.26. The maximum Gasteiger partial charge on any atom is 0.148 e. The van der Waals surface area contributed by atoms with Crippen LogP contribution in [0.4, 0.5) is 5.82 Å². The van der Waals surface area contributed by atoms with E-state index in [1.54, 1.807) is 6.20 Å². The van der Waals surface area contributed by atoms with E-state index in [9.17, 15) is 0 Å². The Morgan fingerprint density at radius 3 is 2.43 bits per heavy atom. The first kappa shape index (κ1) is 13.2. The van der Waals surface area contributed by atoms with Gasteiger partial charge in [-0.1, -0.05) is 30.3 Å². The number of hydrogen-bond acceptors (Lipinski definition) is 4. The van der Waals surface area contributed by atoms with Crippen LogP contribution in [-0.2, 0) is 6.54 Å². The van der Waals surface area contributed by atoms with Crippen molar-refractivity contribution < 1.29 is 0 Å². The van der Waals surface area contributed by atoms with Crippen LogP contribution < -0.4 is 5.32 Å². The maximum absolute atomic E-state index is 4.26. The highest BCUT2D eigenvalue weighted by atomic mass is 15.2. The molecule has 0 saturated heterocycles. The molecule has 0 bridgehead atoms. The van der Waals surface area contributed by atoms with E-state index in [1.165, 1.54) is 11.1 Å². The lowest BCUT2D eigenvalue weighted by Crippen LogP contribution is -2.04. The van der Waals surface area contributed by atoms with Crippen LogP contribution in [0.3, 0.4) is 0 Å². The highest BCUT2D eigenvalue weighted by molar-refractivity contribution is 5.54. The third-order valence-electron chi connectivity index (χ3n) is 3.31. The van der Waals surface area contributed by atoms with Gasteiger partial charge >= 0.3 is 0 Å². The van der Waals surface area contributed by atoms with Gasteiger partial charge < -0.3 is 5.32 Å². The fraction of sp³-hybridized carbons (Fsp3) is 0.118. The molecule has 104 valence electrons. The zero-order chi connectivity index (χ0) is 14.5. The maximum atomic E-state index is 4.26. The molecule has 1 aromatic carbocycles. The van der Waals surface area contributed by atoms with Crippen LogP contribution in [0, 0.1) is 6.92 Å². The van der Waals surface area contributed by atoms with Crippen LogP contribution in [-0.4, -0.2) is 15.2 Å². The topological polar surface area (TPSA) is 50.7 Å². The molecule has 0 spiro atoms. The minimum absolute atomic E-state index is 0.740. The Hall–Kier alpha value is -2.75. The van der Waals surface area contributed by atoms with E-state index < -0.39 is 0 Å². The standard InChI is InChI=1S/C17H16N4/c1-13-6-2-3-7-14(13)12-19-17-10-9-16(20-21-17)15-8-4-5-11-18-15/h2-11H,12H2,1H3,(H,19,21). The minimum atomic E-state index is 0.740. The van der Waals surface area contributed by atoms with Crippen molar-refractivity contribution >= 4 is 5.82 Å². The van der Waals surface area contributed by atoms with Gasteiger partial charge in [-0.2, -0.15) is 0 Å². The van der Waals surface area contributed by atoms with Crippen LogP contribution in [0.15, 0.2) is 60.8 Å². The molecule has 0 radical (unpaired) electrons. The van der Waals surface area contributed by atoms with Crippen molar-refractivity contribution in [2.75, 3.05) is 5.32 Å². The quantitative estimate of drug-likeness (QED) is 0.793. The van der Waals surface area contributed by atoms with Crippen LogP contribution in [0.25, 0.3) is 11.4 Å². The van der Waals surface area contributed by atoms with Crippen molar-refractivity contribution in [3.8, 4) is 11.4 Å². The monoisotopic (exact) mass is 276 g/mol. The molecular formula is C17H16N4. The van der Waals surface area contributed by atoms with Crippen molar-refractivity contribution in [1.29, 1.82) is 0 Å². The van der Waals surface area contributed by atoms with Crippen LogP contribution in [0.5, 0.6) is 0 Å². The summed E-state index contributed by atoms with van der Waals surface area (Å²) in [6, 6.07) is 17.9. The first-order chi connectivity index (χ1) is 10.3. The van der Waals surface area contributed by atoms with Gasteiger partial charge in [-0.25, -0.2) is 0 Å². The Morgan fingerprint density at radius 2 is 1.71 bits per heavy atom. The lowest BCUT2D eigenvalue weighted by atomic mass is 10.1. The zero-order valence-corrected chi connectivity index (χ0v) is 11.8. The molecule has 2 heterocycles. The molecule has 2 aromatic heterocycles. The van der Waals surface area contributed by atoms with Gasteiger partial charge in [-0.05, 0) is 42.3 Å². The number of rotatable bonds is 4. The number of benzene rings is 1. The number of pyridine rings is 1. The number of aromatic nitrogens is 3. The molecule has 1 N–H and O–H groups in total. The third-order valence-corrected chi connectivity index (χ3v) is 3.31. The van der Waals surface area contributed by atoms with E-state index in [0.29, 0.717) is 0 Å². The van der Waals surface area contributed by atoms with Gasteiger partial charge in [-0.15, -0.1) is 10.2 Å². The van der Waals surface area contributed by atoms with Crippen molar-refractivity contribution in [2.45, 2.75) is 13.5 Å². The minimum Gasteiger partial charge on any atom is -0.364 e. The van der Waals surface area contributed by atoms with Crippen molar-refractivity contribution in [3.63, 3.8) is 0 Å². The van der Waals surface area contributed by atoms with Gasteiger partial charge in [0.2, 0.25) is 0 Å². The van der Waals surface area contributed by atoms with Gasteiger partial charge in [0.1, 0.15) is 11.5 Å². The third kappa shape index (κ3) is 3.23. The molecule has 3 rings (SSSR count). The molecule has 0 saturated carbocycles. The summed E-state index contributed by atoms with van der Waals surface area (Å²) in [7, 11) is 0. The lowest BCUT2D eigenvalue weighted by molar-refractivity contribution is 0.996. The van der Waals surface area contributed by atoms with Crippen LogP contribution in [0.1, 0.15) is 11.1 Å². The van der Waals surface area contributed by atoms with E-state index in [1.807, 2.05) is 42.5 Å². The molecule has 4 heteroatoms. The normalized spacial score (nSPS) is 10.3. The summed E-state index contributed by atoms with van der Waals surface area (Å²) >= 11 is 0. The second-order valence-electron chi connectivity index (χ2n) is 4.80. The summed E-state index contributed by atoms with van der Waals surface area (Å²) in [6.07, 6.45) is 1.75. The second kappa shape index (κ2) is 6.13. The molecule has 0 aliphatic carbocycles. The molecule has 21 heavy (non-hydrogen) atoms. The highest BCUT2D eigenvalue weighted by Crippen LogP contribution is 2.14. The summed E-state index contributed by atoms with van der Waals surface area (Å²) < 4.78 is 0. The Labute approximate surface area is 123 Å². The SMILES string of the molecule is Cc1ccccc1CNc1ccc(-c2ccccn2)nn1. The number of aryl methyl sites for hydroxylation is 1. The first-order valence-corrected chi connectivity index (χ1v) is 6.86. The molecular weight excluding hydrogens is 260 g/mol. The Kier molecular flexibility index (Phi) is 3.87. The number of nitrogens with zero attached hydrogens (tertiary/aromatic N) is 3. The fourth-order valence-electron chi connectivity index (χ4n) is 2.07. The van der Waals surface area contributed by atoms with Crippen LogP contribution >= 0.6 is 0 Å². The largest absolute Gasteiger partial charge is 0.364 e. The zero-order valence-electron chi connectivity index (χ0n) is 11.8. The molecule has 0 amide bonds. The van der Waals surface area contributed by atoms with E-state index in [-0.39, 0.29) is 0 Å². The van der Waals surface area contributed by atoms with E-state index in [2.05, 4.69) is 39.6 Å². The summed E-state index contributed by atoms with van der Waals surface area (Å²) in [5.41, 5.74) is 4.13. The van der Waals surface area contributed by atoms with Crippen LogP contribution in [0.2, 0.25) is 0 Å². The predicted molar refractivity (Wildman–Crippen MR) is 83.8 cm³/mol. The number of nitrogens with one attached hydrogen (secondary N) is 1. The smallest absolute Gasteiger partial charge is 0.148 e. The molecule has 0 atom stereocenters. The van der Waals surface area contributed by atoms with E-state index in [4.69, 9.17) is 0 Å². The molecule has 0 unspecified atom stereocenters. The molecule has 0 aliphatic rings. The van der Waals surface area contributed by atoms with Crippen molar-refractivity contribution in [2.24, 2.45) is 0 Å². The van der Waals surface area contributed by atoms with Gasteiger partial charge in [-0.3, -0.25) is 4.98 Å². The van der Waals surface area contributed by atoms with Crippen molar-refractivity contribution in [3.05, 3.63) is 71.9 Å². The number of hydrogen-bond donors (Lipinski definition) is 1. The molecule has 3 aromatic rings. The lowest BCUT2D eigenvalue weighted by Gasteiger charge is -2.08. The van der Waals surface area contributed by atoms with E-state index in [0.717, 1.165) is 23.8 Å². The average molecular weight is 276 g/mol. The fourth-order valence-corrected chi connectivity index (χ4v) is 2.07. The Bertz CT molecular complexity index is 708. The predicted octanol–water partition coefficient (Wildman–Crippen LogP) is 3.46. The summed E-state index contributed by atoms with van der Waals surface area (Å²) in [6.45, 7) is 2.84. The van der Waals surface area contributed by atoms with E-state index >= 15 is 0 Å². The molecule has 0 fully saturated rings. The van der Waals surface area contributed by atoms with Gasteiger partial charge in [0, 0.05) is 12.7 Å². The molecule has 0 aliphatic heterocycles.